The molecule has 0 spiro atoms. The lowest BCUT2D eigenvalue weighted by molar-refractivity contribution is -0.139. The average Bonchev–Trinajstić information content (AvgIpc) is 2.29. The Kier molecular flexibility index (Phi) is 5.13. The van der Waals surface area contributed by atoms with Gasteiger partial charge in [0.2, 0.25) is 5.91 Å². The number of carboxylic acids is 1. The number of aliphatic carboxylic acids is 1. The van der Waals surface area contributed by atoms with Gasteiger partial charge in [0.15, 0.2) is 0 Å². The van der Waals surface area contributed by atoms with Crippen molar-refractivity contribution in [3.8, 4) is 5.75 Å². The third kappa shape index (κ3) is 4.91. The number of aryl methyl sites for hydroxylation is 1. The van der Waals surface area contributed by atoms with Gasteiger partial charge in [0.25, 0.3) is 0 Å². The minimum absolute atomic E-state index is 0.0397. The van der Waals surface area contributed by atoms with Crippen LogP contribution in [0.5, 0.6) is 5.75 Å². The van der Waals surface area contributed by atoms with Crippen LogP contribution in [0.4, 0.5) is 5.69 Å². The van der Waals surface area contributed by atoms with Crippen LogP contribution in [0, 0.1) is 12.3 Å². The van der Waals surface area contributed by atoms with Crippen LogP contribution in [0.2, 0.25) is 0 Å². The van der Waals surface area contributed by atoms with Crippen LogP contribution in [0.1, 0.15) is 32.3 Å². The van der Waals surface area contributed by atoms with Crippen LogP contribution >= 0.6 is 0 Å². The second kappa shape index (κ2) is 6.41. The van der Waals surface area contributed by atoms with Gasteiger partial charge in [0.05, 0.1) is 13.5 Å². The molecule has 1 aromatic carbocycles. The van der Waals surface area contributed by atoms with E-state index in [4.69, 9.17) is 9.84 Å². The number of carbonyl (C=O) groups excluding carboxylic acids is 1. The van der Waals surface area contributed by atoms with Gasteiger partial charge in [-0.2, -0.15) is 0 Å². The molecule has 20 heavy (non-hydrogen) atoms. The highest BCUT2D eigenvalue weighted by Crippen LogP contribution is 2.27. The second-order valence-electron chi connectivity index (χ2n) is 5.64. The molecule has 0 aliphatic carbocycles. The van der Waals surface area contributed by atoms with Gasteiger partial charge in [0, 0.05) is 12.1 Å². The summed E-state index contributed by atoms with van der Waals surface area (Å²) in [6.45, 7) is 5.41. The minimum Gasteiger partial charge on any atom is -0.497 e. The molecule has 0 bridgehead atoms. The summed E-state index contributed by atoms with van der Waals surface area (Å²) in [6, 6.07) is 5.37. The van der Waals surface area contributed by atoms with Crippen LogP contribution in [0.3, 0.4) is 0 Å². The number of nitrogens with one attached hydrogen (secondary N) is 1. The van der Waals surface area contributed by atoms with Gasteiger partial charge in [-0.1, -0.05) is 13.8 Å². The van der Waals surface area contributed by atoms with E-state index in [1.165, 1.54) is 0 Å². The molecular weight excluding hydrogens is 258 g/mol. The summed E-state index contributed by atoms with van der Waals surface area (Å²) in [4.78, 5) is 22.7. The van der Waals surface area contributed by atoms with Gasteiger partial charge in [-0.05, 0) is 36.1 Å². The number of benzene rings is 1. The fourth-order valence-electron chi connectivity index (χ4n) is 2.00. The third-order valence-corrected chi connectivity index (χ3v) is 2.98. The number of anilines is 1. The Hall–Kier alpha value is -2.04. The zero-order valence-corrected chi connectivity index (χ0v) is 12.3. The number of amides is 1. The fraction of sp³-hybridized carbons (Fsp3) is 0.467. The van der Waals surface area contributed by atoms with Crippen molar-refractivity contribution in [2.45, 2.75) is 33.6 Å². The molecule has 2 N–H and O–H groups in total. The van der Waals surface area contributed by atoms with Crippen molar-refractivity contribution in [1.82, 2.24) is 0 Å². The zero-order valence-electron chi connectivity index (χ0n) is 12.3. The summed E-state index contributed by atoms with van der Waals surface area (Å²) in [5.74, 6) is -0.361. The van der Waals surface area contributed by atoms with E-state index >= 15 is 0 Å². The number of hydrogen-bond acceptors (Lipinski definition) is 3. The standard InChI is InChI=1S/C15H21NO4/c1-10-7-11(20-4)5-6-12(10)16-13(17)8-15(2,3)9-14(18)19/h5-7H,8-9H2,1-4H3,(H,16,17)(H,18,19). The summed E-state index contributed by atoms with van der Waals surface area (Å²) in [5, 5.41) is 11.6. The zero-order chi connectivity index (χ0) is 15.3. The lowest BCUT2D eigenvalue weighted by Crippen LogP contribution is -2.25. The number of rotatable bonds is 6. The lowest BCUT2D eigenvalue weighted by atomic mass is 9.85. The molecule has 0 saturated carbocycles. The Balaban J connectivity index is 2.69. The maximum Gasteiger partial charge on any atom is 0.303 e. The van der Waals surface area contributed by atoms with E-state index in [9.17, 15) is 9.59 Å². The van der Waals surface area contributed by atoms with E-state index < -0.39 is 11.4 Å². The van der Waals surface area contributed by atoms with Crippen molar-refractivity contribution in [3.63, 3.8) is 0 Å². The number of carbonyl (C=O) groups is 2. The van der Waals surface area contributed by atoms with Gasteiger partial charge in [0.1, 0.15) is 5.75 Å². The molecule has 1 rings (SSSR count). The SMILES string of the molecule is COc1ccc(NC(=O)CC(C)(C)CC(=O)O)c(C)c1. The van der Waals surface area contributed by atoms with Crippen LogP contribution in [-0.2, 0) is 9.59 Å². The van der Waals surface area contributed by atoms with E-state index in [-0.39, 0.29) is 18.7 Å². The molecule has 0 saturated heterocycles. The summed E-state index contributed by atoms with van der Waals surface area (Å²) >= 11 is 0. The highest BCUT2D eigenvalue weighted by Gasteiger charge is 2.25. The molecule has 0 atom stereocenters. The van der Waals surface area contributed by atoms with Crippen molar-refractivity contribution in [2.75, 3.05) is 12.4 Å². The quantitative estimate of drug-likeness (QED) is 0.839. The first-order valence-electron chi connectivity index (χ1n) is 6.40. The molecule has 110 valence electrons. The molecule has 0 heterocycles. The fourth-order valence-corrected chi connectivity index (χ4v) is 2.00. The number of methoxy groups -OCH3 is 1. The molecule has 5 heteroatoms. The predicted molar refractivity (Wildman–Crippen MR) is 77.0 cm³/mol. The first-order chi connectivity index (χ1) is 9.23. The molecule has 0 radical (unpaired) electrons. The molecule has 5 nitrogen and oxygen atoms in total. The highest BCUT2D eigenvalue weighted by atomic mass is 16.5. The molecular formula is C15H21NO4. The molecule has 0 unspecified atom stereocenters. The summed E-state index contributed by atoms with van der Waals surface area (Å²) in [7, 11) is 1.58. The monoisotopic (exact) mass is 279 g/mol. The van der Waals surface area contributed by atoms with E-state index in [1.807, 2.05) is 13.0 Å². The summed E-state index contributed by atoms with van der Waals surface area (Å²) < 4.78 is 5.10. The molecule has 1 amide bonds. The second-order valence-corrected chi connectivity index (χ2v) is 5.64. The Bertz CT molecular complexity index is 509. The molecule has 0 aliphatic rings. The molecule has 1 aromatic rings. The van der Waals surface area contributed by atoms with Crippen molar-refractivity contribution in [2.24, 2.45) is 5.41 Å². The Morgan fingerprint density at radius 3 is 2.45 bits per heavy atom. The largest absolute Gasteiger partial charge is 0.497 e. The van der Waals surface area contributed by atoms with Crippen molar-refractivity contribution >= 4 is 17.6 Å². The van der Waals surface area contributed by atoms with Gasteiger partial charge >= 0.3 is 5.97 Å². The first kappa shape index (κ1) is 16.0. The van der Waals surface area contributed by atoms with Crippen LogP contribution in [0.25, 0.3) is 0 Å². The number of carboxylic acid groups (broad SMARTS) is 1. The van der Waals surface area contributed by atoms with E-state index in [0.29, 0.717) is 5.69 Å². The topological polar surface area (TPSA) is 75.6 Å². The van der Waals surface area contributed by atoms with Crippen molar-refractivity contribution in [3.05, 3.63) is 23.8 Å². The average molecular weight is 279 g/mol. The maximum absolute atomic E-state index is 12.0. The van der Waals surface area contributed by atoms with Crippen LogP contribution < -0.4 is 10.1 Å². The minimum atomic E-state index is -0.900. The van der Waals surface area contributed by atoms with Crippen molar-refractivity contribution < 1.29 is 19.4 Å². The van der Waals surface area contributed by atoms with Crippen molar-refractivity contribution in [1.29, 1.82) is 0 Å². The Morgan fingerprint density at radius 1 is 1.30 bits per heavy atom. The molecule has 0 fully saturated rings. The van der Waals surface area contributed by atoms with Crippen LogP contribution in [-0.4, -0.2) is 24.1 Å². The van der Waals surface area contributed by atoms with Gasteiger partial charge in [-0.15, -0.1) is 0 Å². The summed E-state index contributed by atoms with van der Waals surface area (Å²) in [6.07, 6.45) is 0.118. The smallest absolute Gasteiger partial charge is 0.303 e. The van der Waals surface area contributed by atoms with E-state index in [1.54, 1.807) is 33.1 Å². The van der Waals surface area contributed by atoms with Gasteiger partial charge in [-0.3, -0.25) is 9.59 Å². The maximum atomic E-state index is 12.0. The summed E-state index contributed by atoms with van der Waals surface area (Å²) in [5.41, 5.74) is 1.03. The highest BCUT2D eigenvalue weighted by molar-refractivity contribution is 5.92. The molecule has 0 aliphatic heterocycles. The Labute approximate surface area is 118 Å². The number of ether oxygens (including phenoxy) is 1. The van der Waals surface area contributed by atoms with Gasteiger partial charge < -0.3 is 15.2 Å². The lowest BCUT2D eigenvalue weighted by Gasteiger charge is -2.21. The Morgan fingerprint density at radius 2 is 1.95 bits per heavy atom. The van der Waals surface area contributed by atoms with E-state index in [0.717, 1.165) is 11.3 Å². The van der Waals surface area contributed by atoms with Gasteiger partial charge in [-0.25, -0.2) is 0 Å². The number of hydrogen-bond donors (Lipinski definition) is 2. The first-order valence-corrected chi connectivity index (χ1v) is 6.40. The predicted octanol–water partition coefficient (Wildman–Crippen LogP) is 2.83. The molecule has 0 aromatic heterocycles. The van der Waals surface area contributed by atoms with E-state index in [2.05, 4.69) is 5.32 Å². The normalized spacial score (nSPS) is 11.0. The van der Waals surface area contributed by atoms with Crippen LogP contribution in [0.15, 0.2) is 18.2 Å². The third-order valence-electron chi connectivity index (χ3n) is 2.98.